The Bertz CT molecular complexity index is 1170. The molecule has 2 aliphatic rings. The first-order chi connectivity index (χ1) is 14.0. The molecule has 0 radical (unpaired) electrons. The first-order valence-corrected chi connectivity index (χ1v) is 9.48. The summed E-state index contributed by atoms with van der Waals surface area (Å²) in [7, 11) is 0. The van der Waals surface area contributed by atoms with E-state index in [2.05, 4.69) is 10.4 Å². The number of hydrogen-bond donors (Lipinski definition) is 1. The first kappa shape index (κ1) is 17.8. The van der Waals surface area contributed by atoms with Crippen molar-refractivity contribution in [2.24, 2.45) is 0 Å². The third-order valence-electron chi connectivity index (χ3n) is 5.13. The van der Waals surface area contributed by atoms with Gasteiger partial charge in [0.15, 0.2) is 17.3 Å². The van der Waals surface area contributed by atoms with Crippen molar-refractivity contribution >= 4 is 29.1 Å². The summed E-state index contributed by atoms with van der Waals surface area (Å²) in [5, 5.41) is 7.99. The molecule has 1 amide bonds. The van der Waals surface area contributed by atoms with E-state index >= 15 is 0 Å². The molecule has 0 fully saturated rings. The summed E-state index contributed by atoms with van der Waals surface area (Å²) in [6.45, 7) is 1.96. The van der Waals surface area contributed by atoms with Gasteiger partial charge in [0.2, 0.25) is 12.7 Å². The summed E-state index contributed by atoms with van der Waals surface area (Å²) in [6.07, 6.45) is 0.0579. The van der Waals surface area contributed by atoms with Gasteiger partial charge in [0.25, 0.3) is 0 Å². The summed E-state index contributed by atoms with van der Waals surface area (Å²) in [5.74, 6) is 0.608. The number of benzene rings is 2. The van der Waals surface area contributed by atoms with Gasteiger partial charge in [-0.1, -0.05) is 17.7 Å². The lowest BCUT2D eigenvalue weighted by atomic mass is 9.85. The molecule has 7 nitrogen and oxygen atoms in total. The molecule has 1 atom stereocenters. The molecule has 0 saturated carbocycles. The number of anilines is 1. The molecule has 146 valence electrons. The van der Waals surface area contributed by atoms with Crippen molar-refractivity contribution < 1.29 is 19.1 Å². The van der Waals surface area contributed by atoms with E-state index in [1.807, 2.05) is 13.0 Å². The van der Waals surface area contributed by atoms with Gasteiger partial charge in [-0.15, -0.1) is 0 Å². The molecule has 0 unspecified atom stereocenters. The molecule has 0 bridgehead atoms. The van der Waals surface area contributed by atoms with Crippen LogP contribution in [0.4, 0.5) is 5.82 Å². The molecule has 3 heterocycles. The number of hydrogen-bond acceptors (Lipinski definition) is 5. The molecule has 0 aliphatic carbocycles. The fourth-order valence-electron chi connectivity index (χ4n) is 3.82. The van der Waals surface area contributed by atoms with Crippen LogP contribution >= 0.6 is 11.6 Å². The third kappa shape index (κ3) is 2.94. The van der Waals surface area contributed by atoms with Gasteiger partial charge in [-0.25, -0.2) is 4.68 Å². The maximum Gasteiger partial charge on any atom is 0.231 e. The number of aromatic nitrogens is 2. The van der Waals surface area contributed by atoms with Crippen molar-refractivity contribution in [2.45, 2.75) is 19.3 Å². The van der Waals surface area contributed by atoms with Gasteiger partial charge < -0.3 is 14.8 Å². The van der Waals surface area contributed by atoms with Crippen LogP contribution in [0.25, 0.3) is 5.69 Å². The van der Waals surface area contributed by atoms with Gasteiger partial charge in [-0.3, -0.25) is 9.59 Å². The third-order valence-corrected chi connectivity index (χ3v) is 5.36. The maximum atomic E-state index is 13.3. The number of amides is 1. The number of nitrogens with zero attached hydrogens (tertiary/aromatic N) is 2. The minimum Gasteiger partial charge on any atom is -0.454 e. The first-order valence-electron chi connectivity index (χ1n) is 9.10. The van der Waals surface area contributed by atoms with Crippen molar-refractivity contribution in [1.82, 2.24) is 9.78 Å². The monoisotopic (exact) mass is 409 g/mol. The highest BCUT2D eigenvalue weighted by atomic mass is 35.5. The van der Waals surface area contributed by atoms with E-state index in [1.165, 1.54) is 0 Å². The topological polar surface area (TPSA) is 82.5 Å². The highest BCUT2D eigenvalue weighted by Crippen LogP contribution is 2.40. The Kier molecular flexibility index (Phi) is 4.06. The average molecular weight is 410 g/mol. The zero-order chi connectivity index (χ0) is 20.1. The molecule has 8 heteroatoms. The number of rotatable bonds is 3. The molecule has 0 spiro atoms. The quantitative estimate of drug-likeness (QED) is 0.664. The maximum absolute atomic E-state index is 13.3. The van der Waals surface area contributed by atoms with Crippen molar-refractivity contribution in [3.8, 4) is 17.2 Å². The lowest BCUT2D eigenvalue weighted by molar-refractivity contribution is -0.116. The molecule has 0 saturated heterocycles. The van der Waals surface area contributed by atoms with Crippen molar-refractivity contribution in [3.05, 3.63) is 64.3 Å². The number of carbonyl (C=O) groups excluding carboxylic acids is 2. The number of ether oxygens (including phenoxy) is 2. The molecule has 2 aromatic carbocycles. The lowest BCUT2D eigenvalue weighted by Crippen LogP contribution is -2.28. The van der Waals surface area contributed by atoms with E-state index in [-0.39, 0.29) is 24.9 Å². The number of nitrogens with one attached hydrogen (secondary N) is 1. The van der Waals surface area contributed by atoms with Crippen molar-refractivity contribution in [3.63, 3.8) is 0 Å². The number of fused-ring (bicyclic) bond motifs is 2. The Hall–Kier alpha value is -3.32. The van der Waals surface area contributed by atoms with Crippen LogP contribution in [0.5, 0.6) is 11.5 Å². The smallest absolute Gasteiger partial charge is 0.231 e. The van der Waals surface area contributed by atoms with Crippen molar-refractivity contribution in [1.29, 1.82) is 0 Å². The van der Waals surface area contributed by atoms with Crippen LogP contribution in [-0.4, -0.2) is 28.3 Å². The summed E-state index contributed by atoms with van der Waals surface area (Å²) < 4.78 is 12.3. The number of carbonyl (C=O) groups is 2. The highest BCUT2D eigenvalue weighted by Gasteiger charge is 2.36. The normalized spacial score (nSPS) is 17.0. The molecular weight excluding hydrogens is 394 g/mol. The van der Waals surface area contributed by atoms with Crippen LogP contribution in [0.2, 0.25) is 5.02 Å². The fourth-order valence-corrected chi connectivity index (χ4v) is 4.00. The molecule has 1 aromatic heterocycles. The van der Waals surface area contributed by atoms with Gasteiger partial charge >= 0.3 is 0 Å². The van der Waals surface area contributed by atoms with Gasteiger partial charge in [-0.2, -0.15) is 5.10 Å². The van der Waals surface area contributed by atoms with Crippen LogP contribution in [0.3, 0.4) is 0 Å². The van der Waals surface area contributed by atoms with Gasteiger partial charge in [0, 0.05) is 22.6 Å². The summed E-state index contributed by atoms with van der Waals surface area (Å²) in [5.41, 5.74) is 2.57. The Morgan fingerprint density at radius 1 is 1.21 bits per heavy atom. The summed E-state index contributed by atoms with van der Waals surface area (Å²) in [4.78, 5) is 25.8. The second-order valence-corrected chi connectivity index (χ2v) is 7.41. The van der Waals surface area contributed by atoms with Crippen LogP contribution in [0.1, 0.15) is 34.0 Å². The van der Waals surface area contributed by atoms with E-state index in [0.29, 0.717) is 44.8 Å². The minimum absolute atomic E-state index is 0.0579. The minimum atomic E-state index is -0.632. The SMILES string of the molecule is Cc1nn(-c2cccc(Cl)c2)c2c1[C@H](C(=O)c1ccc3c(c1)OCO3)CC(=O)N2. The predicted octanol–water partition coefficient (Wildman–Crippen LogP) is 3.87. The molecular formula is C21H16ClN3O4. The Labute approximate surface area is 171 Å². The van der Waals surface area contributed by atoms with Gasteiger partial charge in [-0.05, 0) is 43.3 Å². The highest BCUT2D eigenvalue weighted by molar-refractivity contribution is 6.30. The zero-order valence-electron chi connectivity index (χ0n) is 15.4. The second-order valence-electron chi connectivity index (χ2n) is 6.98. The molecule has 29 heavy (non-hydrogen) atoms. The van der Waals surface area contributed by atoms with Crippen LogP contribution in [0.15, 0.2) is 42.5 Å². The fraction of sp³-hybridized carbons (Fsp3) is 0.190. The molecule has 3 aromatic rings. The molecule has 2 aliphatic heterocycles. The Balaban J connectivity index is 1.59. The second kappa shape index (κ2) is 6.63. The Morgan fingerprint density at radius 2 is 2.03 bits per heavy atom. The largest absolute Gasteiger partial charge is 0.454 e. The summed E-state index contributed by atoms with van der Waals surface area (Å²) >= 11 is 6.11. The van der Waals surface area contributed by atoms with Crippen LogP contribution < -0.4 is 14.8 Å². The number of aryl methyl sites for hydroxylation is 1. The Morgan fingerprint density at radius 3 is 2.86 bits per heavy atom. The van der Waals surface area contributed by atoms with E-state index in [4.69, 9.17) is 21.1 Å². The van der Waals surface area contributed by atoms with Crippen LogP contribution in [0, 0.1) is 6.92 Å². The van der Waals surface area contributed by atoms with E-state index < -0.39 is 5.92 Å². The van der Waals surface area contributed by atoms with E-state index in [9.17, 15) is 9.59 Å². The summed E-state index contributed by atoms with van der Waals surface area (Å²) in [6, 6.07) is 12.2. The number of ketones is 1. The number of halogens is 1. The van der Waals surface area contributed by atoms with E-state index in [1.54, 1.807) is 41.1 Å². The van der Waals surface area contributed by atoms with Crippen molar-refractivity contribution in [2.75, 3.05) is 12.1 Å². The molecule has 5 rings (SSSR count). The standard InChI is InChI=1S/C21H16ClN3O4/c1-11-19-15(20(27)12-5-6-16-17(7-12)29-10-28-16)9-18(26)23-21(19)25(24-11)14-4-2-3-13(22)8-14/h2-8,15H,9-10H2,1H3,(H,23,26)/t15-/m1/s1. The van der Waals surface area contributed by atoms with Gasteiger partial charge in [0.05, 0.1) is 17.3 Å². The average Bonchev–Trinajstić information content (AvgIpc) is 3.30. The zero-order valence-corrected chi connectivity index (χ0v) is 16.2. The molecule has 1 N–H and O–H groups in total. The van der Waals surface area contributed by atoms with Crippen LogP contribution in [-0.2, 0) is 4.79 Å². The number of Topliss-reactive ketones (excluding diaryl/α,β-unsaturated/α-hetero) is 1. The lowest BCUT2D eigenvalue weighted by Gasteiger charge is -2.23. The van der Waals surface area contributed by atoms with Gasteiger partial charge in [0.1, 0.15) is 5.82 Å². The van der Waals surface area contributed by atoms with E-state index in [0.717, 1.165) is 0 Å². The predicted molar refractivity (Wildman–Crippen MR) is 106 cm³/mol.